The Morgan fingerprint density at radius 1 is 0.921 bits per heavy atom. The maximum absolute atomic E-state index is 14.0. The van der Waals surface area contributed by atoms with Crippen LogP contribution in [0.25, 0.3) is 0 Å². The van der Waals surface area contributed by atoms with E-state index in [0.717, 1.165) is 11.1 Å². The van der Waals surface area contributed by atoms with E-state index in [0.29, 0.717) is 27.8 Å². The molecule has 0 aliphatic heterocycles. The van der Waals surface area contributed by atoms with Gasteiger partial charge in [0.15, 0.2) is 0 Å². The van der Waals surface area contributed by atoms with Gasteiger partial charge in [0.25, 0.3) is 5.91 Å². The topological polar surface area (TPSA) is 80.8 Å². The number of halogens is 1. The molecule has 7 nitrogen and oxygen atoms in total. The fraction of sp³-hybridized carbons (Fsp3) is 0.167. The zero-order chi connectivity index (χ0) is 26.9. The van der Waals surface area contributed by atoms with E-state index in [9.17, 15) is 9.59 Å². The second-order valence-corrected chi connectivity index (χ2v) is 8.99. The number of aromatic nitrogens is 1. The van der Waals surface area contributed by atoms with Crippen LogP contribution in [0.3, 0.4) is 0 Å². The lowest BCUT2D eigenvalue weighted by Crippen LogP contribution is -2.41. The molecule has 2 amide bonds. The van der Waals surface area contributed by atoms with Gasteiger partial charge in [-0.15, -0.1) is 0 Å². The van der Waals surface area contributed by atoms with Crippen molar-refractivity contribution in [3.05, 3.63) is 119 Å². The van der Waals surface area contributed by atoms with Crippen LogP contribution in [0.2, 0.25) is 5.02 Å². The van der Waals surface area contributed by atoms with Crippen molar-refractivity contribution in [3.8, 4) is 11.5 Å². The molecule has 0 saturated carbocycles. The molecule has 38 heavy (non-hydrogen) atoms. The van der Waals surface area contributed by atoms with E-state index in [1.807, 2.05) is 36.4 Å². The minimum absolute atomic E-state index is 0.129. The number of carbonyl (C=O) groups excluding carboxylic acids is 2. The monoisotopic (exact) mass is 529 g/mol. The van der Waals surface area contributed by atoms with Crippen molar-refractivity contribution in [2.75, 3.05) is 19.5 Å². The number of amides is 2. The summed E-state index contributed by atoms with van der Waals surface area (Å²) in [6.45, 7) is 0.181. The molecule has 1 aromatic heterocycles. The average Bonchev–Trinajstić information content (AvgIpc) is 2.95. The molecule has 194 valence electrons. The zero-order valence-electron chi connectivity index (χ0n) is 21.1. The number of hydrogen-bond donors (Lipinski definition) is 1. The lowest BCUT2D eigenvalue weighted by Gasteiger charge is -2.32. The molecule has 8 heteroatoms. The van der Waals surface area contributed by atoms with Gasteiger partial charge in [-0.25, -0.2) is 0 Å². The Balaban J connectivity index is 1.75. The predicted octanol–water partition coefficient (Wildman–Crippen LogP) is 5.70. The standard InChI is InChI=1S/C30H28ClN3O4/c1-37-25-14-15-26(27(18-25)38-2)33-30(36)29(23-10-12-24(31)13-11-23)34(20-22-9-6-16-32-19-22)28(35)17-21-7-4-3-5-8-21/h3-16,18-19,29H,17,20H2,1-2H3,(H,33,36). The van der Waals surface area contributed by atoms with Crippen molar-refractivity contribution < 1.29 is 19.1 Å². The van der Waals surface area contributed by atoms with E-state index >= 15 is 0 Å². The van der Waals surface area contributed by atoms with Crippen molar-refractivity contribution in [3.63, 3.8) is 0 Å². The van der Waals surface area contributed by atoms with E-state index < -0.39 is 11.9 Å². The Kier molecular flexibility index (Phi) is 8.95. The molecule has 1 N–H and O–H groups in total. The molecule has 0 aliphatic rings. The smallest absolute Gasteiger partial charge is 0.251 e. The molecule has 0 bridgehead atoms. The van der Waals surface area contributed by atoms with Crippen LogP contribution in [0.15, 0.2) is 97.3 Å². The first-order valence-electron chi connectivity index (χ1n) is 12.0. The summed E-state index contributed by atoms with van der Waals surface area (Å²) in [7, 11) is 3.07. The maximum Gasteiger partial charge on any atom is 0.251 e. The number of rotatable bonds is 10. The lowest BCUT2D eigenvalue weighted by molar-refractivity contribution is -0.139. The number of nitrogens with one attached hydrogen (secondary N) is 1. The first-order valence-corrected chi connectivity index (χ1v) is 12.4. The molecule has 4 rings (SSSR count). The van der Waals surface area contributed by atoms with Gasteiger partial charge in [-0.05, 0) is 47.0 Å². The van der Waals surface area contributed by atoms with Crippen LogP contribution < -0.4 is 14.8 Å². The van der Waals surface area contributed by atoms with Crippen molar-refractivity contribution in [2.24, 2.45) is 0 Å². The summed E-state index contributed by atoms with van der Waals surface area (Å²) in [5.74, 6) is 0.408. The second kappa shape index (κ2) is 12.7. The lowest BCUT2D eigenvalue weighted by atomic mass is 10.0. The van der Waals surface area contributed by atoms with E-state index in [4.69, 9.17) is 21.1 Å². The maximum atomic E-state index is 14.0. The Labute approximate surface area is 227 Å². The van der Waals surface area contributed by atoms with E-state index in [1.165, 1.54) is 7.11 Å². The van der Waals surface area contributed by atoms with Crippen LogP contribution in [0.4, 0.5) is 5.69 Å². The van der Waals surface area contributed by atoms with Crippen LogP contribution in [-0.4, -0.2) is 35.9 Å². The Morgan fingerprint density at radius 2 is 1.66 bits per heavy atom. The molecule has 0 spiro atoms. The fourth-order valence-electron chi connectivity index (χ4n) is 4.10. The minimum Gasteiger partial charge on any atom is -0.497 e. The summed E-state index contributed by atoms with van der Waals surface area (Å²) in [6.07, 6.45) is 3.48. The van der Waals surface area contributed by atoms with Gasteiger partial charge in [0.05, 0.1) is 26.3 Å². The number of nitrogens with zero attached hydrogens (tertiary/aromatic N) is 2. The third-order valence-electron chi connectivity index (χ3n) is 6.01. The Hall–Kier alpha value is -4.36. The third kappa shape index (κ3) is 6.69. The second-order valence-electron chi connectivity index (χ2n) is 8.55. The molecule has 0 aliphatic carbocycles. The third-order valence-corrected chi connectivity index (χ3v) is 6.26. The van der Waals surface area contributed by atoms with Gasteiger partial charge in [-0.3, -0.25) is 14.6 Å². The van der Waals surface area contributed by atoms with Crippen LogP contribution in [0.1, 0.15) is 22.7 Å². The molecular formula is C30H28ClN3O4. The highest BCUT2D eigenvalue weighted by Gasteiger charge is 2.32. The molecule has 1 atom stereocenters. The van der Waals surface area contributed by atoms with E-state index in [2.05, 4.69) is 10.3 Å². The molecule has 0 saturated heterocycles. The number of pyridine rings is 1. The molecule has 0 fully saturated rings. The van der Waals surface area contributed by atoms with Gasteiger partial charge >= 0.3 is 0 Å². The van der Waals surface area contributed by atoms with Crippen LogP contribution in [0, 0.1) is 0 Å². The summed E-state index contributed by atoms with van der Waals surface area (Å²) in [5.41, 5.74) is 2.71. The SMILES string of the molecule is COc1ccc(NC(=O)C(c2ccc(Cl)cc2)N(Cc2cccnc2)C(=O)Cc2ccccc2)c(OC)c1. The summed E-state index contributed by atoms with van der Waals surface area (Å²) >= 11 is 6.16. The number of carbonyl (C=O) groups is 2. The van der Waals surface area contributed by atoms with Gasteiger partial charge in [0, 0.05) is 30.0 Å². The van der Waals surface area contributed by atoms with Gasteiger partial charge in [-0.2, -0.15) is 0 Å². The summed E-state index contributed by atoms with van der Waals surface area (Å²) in [4.78, 5) is 33.5. The van der Waals surface area contributed by atoms with Crippen LogP contribution in [-0.2, 0) is 22.6 Å². The number of hydrogen-bond acceptors (Lipinski definition) is 5. The van der Waals surface area contributed by atoms with Gasteiger partial charge in [0.2, 0.25) is 5.91 Å². The normalized spacial score (nSPS) is 11.3. The summed E-state index contributed by atoms with van der Waals surface area (Å²) in [5, 5.41) is 3.48. The number of benzene rings is 3. The van der Waals surface area contributed by atoms with Crippen molar-refractivity contribution in [1.29, 1.82) is 0 Å². The number of anilines is 1. The van der Waals surface area contributed by atoms with Gasteiger partial charge in [0.1, 0.15) is 17.5 Å². The van der Waals surface area contributed by atoms with Gasteiger partial charge < -0.3 is 19.7 Å². The molecule has 3 aromatic carbocycles. The van der Waals surface area contributed by atoms with E-state index in [1.54, 1.807) is 72.9 Å². The van der Waals surface area contributed by atoms with Crippen molar-refractivity contribution in [1.82, 2.24) is 9.88 Å². The average molecular weight is 530 g/mol. The molecule has 4 aromatic rings. The number of ether oxygens (including phenoxy) is 2. The molecule has 1 heterocycles. The summed E-state index contributed by atoms with van der Waals surface area (Å²) in [6, 6.07) is 24.2. The molecule has 0 radical (unpaired) electrons. The minimum atomic E-state index is -0.963. The van der Waals surface area contributed by atoms with Crippen LogP contribution in [0.5, 0.6) is 11.5 Å². The zero-order valence-corrected chi connectivity index (χ0v) is 21.9. The summed E-state index contributed by atoms with van der Waals surface area (Å²) < 4.78 is 10.7. The van der Waals surface area contributed by atoms with Crippen LogP contribution >= 0.6 is 11.6 Å². The first-order chi connectivity index (χ1) is 18.5. The largest absolute Gasteiger partial charge is 0.497 e. The highest BCUT2D eigenvalue weighted by atomic mass is 35.5. The highest BCUT2D eigenvalue weighted by molar-refractivity contribution is 6.30. The molecular weight excluding hydrogens is 502 g/mol. The van der Waals surface area contributed by atoms with Gasteiger partial charge in [-0.1, -0.05) is 60.1 Å². The Morgan fingerprint density at radius 3 is 2.32 bits per heavy atom. The van der Waals surface area contributed by atoms with E-state index in [-0.39, 0.29) is 18.9 Å². The van der Waals surface area contributed by atoms with Crippen molar-refractivity contribution >= 4 is 29.1 Å². The fourth-order valence-corrected chi connectivity index (χ4v) is 4.23. The predicted molar refractivity (Wildman–Crippen MR) is 147 cm³/mol. The van der Waals surface area contributed by atoms with Crippen molar-refractivity contribution in [2.45, 2.75) is 19.0 Å². The molecule has 1 unspecified atom stereocenters. The quantitative estimate of drug-likeness (QED) is 0.285. The number of methoxy groups -OCH3 is 2. The Bertz CT molecular complexity index is 1370. The first kappa shape index (κ1) is 26.7. The highest BCUT2D eigenvalue weighted by Crippen LogP contribution is 2.32.